The molecule has 176 valence electrons. The smallest absolute Gasteiger partial charge is 0.223 e. The number of hydrogen-bond donors (Lipinski definition) is 3. The molecule has 3 aromatic rings. The van der Waals surface area contributed by atoms with Crippen LogP contribution < -0.4 is 5.32 Å². The molecule has 4 rings (SSSR count). The van der Waals surface area contributed by atoms with Crippen LogP contribution in [-0.4, -0.2) is 50.5 Å². The lowest BCUT2D eigenvalue weighted by Crippen LogP contribution is -2.42. The van der Waals surface area contributed by atoms with Crippen molar-refractivity contribution in [2.24, 2.45) is 0 Å². The number of fused-ring (bicyclic) bond motifs is 1. The summed E-state index contributed by atoms with van der Waals surface area (Å²) < 4.78 is 20.1. The first kappa shape index (κ1) is 23.8. The number of nitrogens with zero attached hydrogens (tertiary/aromatic N) is 3. The van der Waals surface area contributed by atoms with Crippen LogP contribution in [0.5, 0.6) is 0 Å². The minimum absolute atomic E-state index is 0.0457. The Balaban J connectivity index is 1.84. The van der Waals surface area contributed by atoms with Gasteiger partial charge in [-0.05, 0) is 43.9 Å². The number of benzene rings is 1. The topological polar surface area (TPSA) is 100 Å². The van der Waals surface area contributed by atoms with Crippen molar-refractivity contribution in [3.8, 4) is 11.3 Å². The normalized spacial score (nSPS) is 19.3. The predicted octanol–water partition coefficient (Wildman–Crippen LogP) is 4.40. The first-order valence-electron chi connectivity index (χ1n) is 11.0. The molecule has 3 heterocycles. The molecular formula is C24H28ClFN4O3. The Kier molecular flexibility index (Phi) is 6.55. The van der Waals surface area contributed by atoms with Crippen LogP contribution in [0.4, 0.5) is 10.3 Å². The van der Waals surface area contributed by atoms with Crippen LogP contribution in [0, 0.1) is 5.82 Å². The second kappa shape index (κ2) is 9.10. The molecule has 0 radical (unpaired) electrons. The van der Waals surface area contributed by atoms with Gasteiger partial charge in [0, 0.05) is 29.3 Å². The second-order valence-corrected chi connectivity index (χ2v) is 9.63. The van der Waals surface area contributed by atoms with Gasteiger partial charge in [0.2, 0.25) is 5.95 Å². The lowest BCUT2D eigenvalue weighted by Gasteiger charge is -2.28. The van der Waals surface area contributed by atoms with E-state index in [-0.39, 0.29) is 30.2 Å². The predicted molar refractivity (Wildman–Crippen MR) is 126 cm³/mol. The molecule has 9 heteroatoms. The van der Waals surface area contributed by atoms with Gasteiger partial charge < -0.3 is 20.3 Å². The monoisotopic (exact) mass is 474 g/mol. The minimum Gasteiger partial charge on any atom is -0.389 e. The van der Waals surface area contributed by atoms with E-state index in [1.165, 1.54) is 0 Å². The van der Waals surface area contributed by atoms with Gasteiger partial charge in [0.1, 0.15) is 5.69 Å². The van der Waals surface area contributed by atoms with E-state index in [9.17, 15) is 14.6 Å². The zero-order chi connectivity index (χ0) is 23.9. The molecule has 0 unspecified atom stereocenters. The largest absolute Gasteiger partial charge is 0.389 e. The van der Waals surface area contributed by atoms with Crippen molar-refractivity contribution in [3.63, 3.8) is 0 Å². The number of aliphatic hydroxyl groups excluding tert-OH is 1. The third-order valence-corrected chi connectivity index (χ3v) is 6.19. The zero-order valence-corrected chi connectivity index (χ0v) is 19.8. The fraction of sp³-hybridized carbons (Fsp3) is 0.458. The number of pyridine rings is 1. The molecule has 1 aliphatic heterocycles. The van der Waals surface area contributed by atoms with Gasteiger partial charge in [0.15, 0.2) is 5.82 Å². The fourth-order valence-corrected chi connectivity index (χ4v) is 4.46. The average molecular weight is 475 g/mol. The molecular weight excluding hydrogens is 447 g/mol. The summed E-state index contributed by atoms with van der Waals surface area (Å²) >= 11 is 6.55. The molecule has 1 fully saturated rings. The van der Waals surface area contributed by atoms with Crippen molar-refractivity contribution < 1.29 is 19.3 Å². The summed E-state index contributed by atoms with van der Waals surface area (Å²) in [4.78, 5) is 12.9. The second-order valence-electron chi connectivity index (χ2n) is 9.22. The average Bonchev–Trinajstić information content (AvgIpc) is 2.74. The highest BCUT2D eigenvalue weighted by atomic mass is 35.5. The number of aliphatic hydroxyl groups is 2. The summed E-state index contributed by atoms with van der Waals surface area (Å²) in [7, 11) is 0. The standard InChI is InChI=1S/C24H28ClFN4O3/c1-12(2)21-14-7-13(16(25)8-19(14)27-9-15(21)24(3,4)32)22-17(26)10-28-23(30-22)29-18-5-6-33-11-20(18)31/h7-10,12,18,20,31-32H,5-6,11H2,1-4H3,(H,28,29,30)/t18-,20-/m1/s1. The third kappa shape index (κ3) is 4.80. The molecule has 0 saturated carbocycles. The lowest BCUT2D eigenvalue weighted by atomic mass is 9.86. The highest BCUT2D eigenvalue weighted by Crippen LogP contribution is 2.38. The maximum absolute atomic E-state index is 14.9. The van der Waals surface area contributed by atoms with Crippen molar-refractivity contribution in [2.45, 2.75) is 57.8 Å². The van der Waals surface area contributed by atoms with Gasteiger partial charge in [-0.2, -0.15) is 0 Å². The number of rotatable bonds is 5. The Labute approximate surface area is 197 Å². The molecule has 0 bridgehead atoms. The fourth-order valence-electron chi connectivity index (χ4n) is 4.21. The molecule has 2 atom stereocenters. The molecule has 3 N–H and O–H groups in total. The van der Waals surface area contributed by atoms with Crippen LogP contribution in [0.3, 0.4) is 0 Å². The number of ether oxygens (including phenoxy) is 1. The molecule has 33 heavy (non-hydrogen) atoms. The van der Waals surface area contributed by atoms with Crippen molar-refractivity contribution >= 4 is 28.5 Å². The maximum atomic E-state index is 14.9. The lowest BCUT2D eigenvalue weighted by molar-refractivity contribution is -0.0136. The van der Waals surface area contributed by atoms with Crippen molar-refractivity contribution in [2.75, 3.05) is 18.5 Å². The van der Waals surface area contributed by atoms with Gasteiger partial charge in [-0.3, -0.25) is 4.98 Å². The van der Waals surface area contributed by atoms with Crippen LogP contribution >= 0.6 is 11.6 Å². The molecule has 1 aromatic carbocycles. The van der Waals surface area contributed by atoms with Crippen LogP contribution in [0.1, 0.15) is 51.2 Å². The summed E-state index contributed by atoms with van der Waals surface area (Å²) in [5, 5.41) is 25.0. The number of nitrogens with one attached hydrogen (secondary N) is 1. The van der Waals surface area contributed by atoms with Gasteiger partial charge in [-0.25, -0.2) is 14.4 Å². The third-order valence-electron chi connectivity index (χ3n) is 5.87. The van der Waals surface area contributed by atoms with Gasteiger partial charge in [-0.15, -0.1) is 0 Å². The van der Waals surface area contributed by atoms with E-state index >= 15 is 0 Å². The molecule has 0 spiro atoms. The number of halogens is 2. The molecule has 1 saturated heterocycles. The Hall–Kier alpha value is -2.39. The molecule has 0 aliphatic carbocycles. The van der Waals surface area contributed by atoms with Crippen molar-refractivity contribution in [1.29, 1.82) is 0 Å². The number of anilines is 1. The molecule has 7 nitrogen and oxygen atoms in total. The summed E-state index contributed by atoms with van der Waals surface area (Å²) in [6.45, 7) is 8.22. The summed E-state index contributed by atoms with van der Waals surface area (Å²) in [6.07, 6.45) is 2.63. The maximum Gasteiger partial charge on any atom is 0.223 e. The summed E-state index contributed by atoms with van der Waals surface area (Å²) in [5.41, 5.74) is 1.63. The molecule has 0 amide bonds. The SMILES string of the molecule is CC(C)c1c(C(C)(C)O)cnc2cc(Cl)c(-c3nc(N[C@@H]4CCOC[C@H]4O)ncc3F)cc12. The van der Waals surface area contributed by atoms with Gasteiger partial charge in [0.05, 0.1) is 41.1 Å². The number of hydrogen-bond acceptors (Lipinski definition) is 7. The van der Waals surface area contributed by atoms with E-state index in [0.29, 0.717) is 34.7 Å². The van der Waals surface area contributed by atoms with E-state index in [1.54, 1.807) is 32.2 Å². The number of aromatic nitrogens is 3. The quantitative estimate of drug-likeness (QED) is 0.504. The van der Waals surface area contributed by atoms with E-state index in [0.717, 1.165) is 17.1 Å². The van der Waals surface area contributed by atoms with E-state index in [1.807, 2.05) is 13.8 Å². The molecule has 1 aliphatic rings. The summed E-state index contributed by atoms with van der Waals surface area (Å²) in [5.74, 6) is -0.346. The first-order valence-corrected chi connectivity index (χ1v) is 11.3. The Morgan fingerprint density at radius 3 is 2.67 bits per heavy atom. The Bertz CT molecular complexity index is 1180. The molecule has 2 aromatic heterocycles. The van der Waals surface area contributed by atoms with Crippen LogP contribution in [0.2, 0.25) is 5.02 Å². The van der Waals surface area contributed by atoms with E-state index < -0.39 is 17.5 Å². The summed E-state index contributed by atoms with van der Waals surface area (Å²) in [6, 6.07) is 3.16. The highest BCUT2D eigenvalue weighted by Gasteiger charge is 2.27. The van der Waals surface area contributed by atoms with E-state index in [4.69, 9.17) is 16.3 Å². The zero-order valence-electron chi connectivity index (χ0n) is 19.1. The van der Waals surface area contributed by atoms with E-state index in [2.05, 4.69) is 20.3 Å². The van der Waals surface area contributed by atoms with Gasteiger partial charge in [0.25, 0.3) is 0 Å². The van der Waals surface area contributed by atoms with Crippen molar-refractivity contribution in [1.82, 2.24) is 15.0 Å². The van der Waals surface area contributed by atoms with Gasteiger partial charge >= 0.3 is 0 Å². The van der Waals surface area contributed by atoms with Crippen molar-refractivity contribution in [3.05, 3.63) is 46.5 Å². The minimum atomic E-state index is -1.09. The Morgan fingerprint density at radius 1 is 1.24 bits per heavy atom. The van der Waals surface area contributed by atoms with Crippen LogP contribution in [0.25, 0.3) is 22.2 Å². The highest BCUT2D eigenvalue weighted by molar-refractivity contribution is 6.34. The van der Waals surface area contributed by atoms with Gasteiger partial charge in [-0.1, -0.05) is 25.4 Å². The van der Waals surface area contributed by atoms with Crippen LogP contribution in [0.15, 0.2) is 24.5 Å². The van der Waals surface area contributed by atoms with Crippen LogP contribution in [-0.2, 0) is 10.3 Å². The first-order chi connectivity index (χ1) is 15.6. The Morgan fingerprint density at radius 2 is 2.00 bits per heavy atom.